The summed E-state index contributed by atoms with van der Waals surface area (Å²) in [6.07, 6.45) is 6.95. The first-order valence-corrected chi connectivity index (χ1v) is 11.9. The second-order valence-electron chi connectivity index (χ2n) is 9.16. The van der Waals surface area contributed by atoms with E-state index < -0.39 is 0 Å². The summed E-state index contributed by atoms with van der Waals surface area (Å²) >= 11 is 0. The molecular weight excluding hydrogens is 448 g/mol. The molecule has 8 nitrogen and oxygen atoms in total. The van der Waals surface area contributed by atoms with Crippen molar-refractivity contribution in [3.63, 3.8) is 0 Å². The lowest BCUT2D eigenvalue weighted by Crippen LogP contribution is -2.12. The molecule has 0 fully saturated rings. The molecule has 0 bridgehead atoms. The van der Waals surface area contributed by atoms with E-state index in [1.165, 1.54) is 5.56 Å². The largest absolute Gasteiger partial charge is 0.404 e. The summed E-state index contributed by atoms with van der Waals surface area (Å²) in [6.45, 7) is 4.95. The summed E-state index contributed by atoms with van der Waals surface area (Å²) < 4.78 is 0. The maximum Gasteiger partial charge on any atom is 0.132 e. The van der Waals surface area contributed by atoms with Gasteiger partial charge in [0.15, 0.2) is 0 Å². The smallest absolute Gasteiger partial charge is 0.132 e. The van der Waals surface area contributed by atoms with Crippen molar-refractivity contribution in [3.05, 3.63) is 95.2 Å². The van der Waals surface area contributed by atoms with E-state index in [1.807, 2.05) is 63.8 Å². The van der Waals surface area contributed by atoms with E-state index in [0.29, 0.717) is 22.9 Å². The average molecular weight is 485 g/mol. The van der Waals surface area contributed by atoms with Gasteiger partial charge in [0.2, 0.25) is 0 Å². The highest BCUT2D eigenvalue weighted by Gasteiger charge is 2.13. The minimum atomic E-state index is 0.253. The first-order valence-electron chi connectivity index (χ1n) is 11.9. The van der Waals surface area contributed by atoms with Gasteiger partial charge in [-0.3, -0.25) is 10.4 Å². The number of allylic oxidation sites excluding steroid dienone is 3. The van der Waals surface area contributed by atoms with Crippen molar-refractivity contribution < 1.29 is 0 Å². The number of anilines is 1. The molecule has 0 aliphatic carbocycles. The Hall–Kier alpha value is -4.17. The van der Waals surface area contributed by atoms with Crippen molar-refractivity contribution >= 4 is 28.1 Å². The lowest BCUT2D eigenvalue weighted by atomic mass is 9.96. The number of benzene rings is 1. The van der Waals surface area contributed by atoms with E-state index in [2.05, 4.69) is 46.5 Å². The fourth-order valence-corrected chi connectivity index (χ4v) is 3.74. The number of fused-ring (bicyclic) bond motifs is 1. The molecule has 36 heavy (non-hydrogen) atoms. The number of nitrogens with two attached hydrogens (primary N) is 2. The summed E-state index contributed by atoms with van der Waals surface area (Å²) in [4.78, 5) is 11.4. The normalized spacial score (nSPS) is 12.9. The molecule has 1 aromatic carbocycles. The zero-order valence-corrected chi connectivity index (χ0v) is 21.6. The number of hydrogen-bond acceptors (Lipinski definition) is 8. The van der Waals surface area contributed by atoms with Gasteiger partial charge in [-0.25, -0.2) is 4.98 Å². The number of pyridine rings is 2. The van der Waals surface area contributed by atoms with Crippen LogP contribution in [-0.4, -0.2) is 41.7 Å². The van der Waals surface area contributed by atoms with Crippen LogP contribution in [0.3, 0.4) is 0 Å². The molecule has 188 valence electrons. The van der Waals surface area contributed by atoms with E-state index in [1.54, 1.807) is 12.4 Å². The topological polar surface area (TPSA) is 129 Å². The Labute approximate surface area is 213 Å². The minimum Gasteiger partial charge on any atom is -0.404 e. The zero-order valence-electron chi connectivity index (χ0n) is 21.6. The van der Waals surface area contributed by atoms with Crippen molar-refractivity contribution in [2.24, 2.45) is 17.4 Å². The summed E-state index contributed by atoms with van der Waals surface area (Å²) in [5.74, 6) is 1.30. The summed E-state index contributed by atoms with van der Waals surface area (Å²) in [6, 6.07) is 13.7. The summed E-state index contributed by atoms with van der Waals surface area (Å²) in [7, 11) is 5.89. The molecule has 0 aliphatic heterocycles. The van der Waals surface area contributed by atoms with E-state index in [0.717, 1.165) is 34.3 Å². The highest BCUT2D eigenvalue weighted by Crippen LogP contribution is 2.23. The Kier molecular flexibility index (Phi) is 8.81. The average Bonchev–Trinajstić information content (AvgIpc) is 2.85. The number of nitrogens with zero attached hydrogens (tertiary/aromatic N) is 3. The first-order chi connectivity index (χ1) is 17.2. The number of nitrogens with one attached hydrogen (secondary N) is 3. The highest BCUT2D eigenvalue weighted by atomic mass is 15.1. The number of hydrogen-bond donors (Lipinski definition) is 5. The van der Waals surface area contributed by atoms with Gasteiger partial charge in [-0.05, 0) is 61.6 Å². The van der Waals surface area contributed by atoms with E-state index >= 15 is 0 Å². The van der Waals surface area contributed by atoms with Crippen molar-refractivity contribution in [3.8, 4) is 0 Å². The van der Waals surface area contributed by atoms with Gasteiger partial charge in [-0.1, -0.05) is 38.1 Å². The van der Waals surface area contributed by atoms with Gasteiger partial charge in [0.1, 0.15) is 11.6 Å². The van der Waals surface area contributed by atoms with Gasteiger partial charge in [0.25, 0.3) is 0 Å². The Morgan fingerprint density at radius 2 is 1.81 bits per heavy atom. The van der Waals surface area contributed by atoms with Gasteiger partial charge < -0.3 is 27.0 Å². The fourth-order valence-electron chi connectivity index (χ4n) is 3.74. The lowest BCUT2D eigenvalue weighted by Gasteiger charge is -2.13. The molecule has 0 atom stereocenters. The molecule has 0 saturated carbocycles. The van der Waals surface area contributed by atoms with Gasteiger partial charge in [0, 0.05) is 42.7 Å². The second kappa shape index (κ2) is 12.0. The van der Waals surface area contributed by atoms with Crippen LogP contribution < -0.4 is 22.1 Å². The Morgan fingerprint density at radius 3 is 2.42 bits per heavy atom. The van der Waals surface area contributed by atoms with Crippen LogP contribution in [-0.2, 0) is 6.54 Å². The van der Waals surface area contributed by atoms with Crippen LogP contribution in [0.1, 0.15) is 30.5 Å². The number of aromatic nitrogens is 2. The van der Waals surface area contributed by atoms with Crippen LogP contribution in [0, 0.1) is 11.3 Å². The molecule has 0 amide bonds. The van der Waals surface area contributed by atoms with E-state index in [-0.39, 0.29) is 5.92 Å². The zero-order chi connectivity index (χ0) is 26.2. The molecule has 2 heterocycles. The van der Waals surface area contributed by atoms with Crippen molar-refractivity contribution in [1.29, 1.82) is 5.41 Å². The van der Waals surface area contributed by atoms with E-state index in [4.69, 9.17) is 21.9 Å². The number of rotatable bonds is 10. The van der Waals surface area contributed by atoms with Crippen LogP contribution >= 0.6 is 0 Å². The Bertz CT molecular complexity index is 1300. The summed E-state index contributed by atoms with van der Waals surface area (Å²) in [5.41, 5.74) is 18.2. The van der Waals surface area contributed by atoms with Gasteiger partial charge in [-0.15, -0.1) is 0 Å². The Morgan fingerprint density at radius 1 is 1.08 bits per heavy atom. The van der Waals surface area contributed by atoms with Crippen molar-refractivity contribution in [1.82, 2.24) is 20.2 Å². The second-order valence-corrected chi connectivity index (χ2v) is 9.16. The van der Waals surface area contributed by atoms with Gasteiger partial charge in [-0.2, -0.15) is 0 Å². The monoisotopic (exact) mass is 484 g/mol. The molecule has 8 heteroatoms. The van der Waals surface area contributed by atoms with Crippen LogP contribution in [0.15, 0.2) is 78.5 Å². The third-order valence-electron chi connectivity index (χ3n) is 5.60. The standard InChI is InChI=1S/C28H36N8/c1-18(2)21(14-29)13-26(30)35-27-11-10-24-25(34-27)12-22(15-33-24)23(16-32-3)28(31)20-8-6-19(7-9-20)17-36(4)5/h6-16,18,31-32H,17,29-30H2,1-5H3,(H,34,35)/b21-14+,23-16-,26-13+,31-28?. The first kappa shape index (κ1) is 26.4. The molecule has 7 N–H and O–H groups in total. The third-order valence-corrected chi connectivity index (χ3v) is 5.60. The molecule has 0 spiro atoms. The third kappa shape index (κ3) is 6.70. The van der Waals surface area contributed by atoms with Crippen LogP contribution in [0.4, 0.5) is 5.82 Å². The molecule has 3 rings (SSSR count). The van der Waals surface area contributed by atoms with Crippen LogP contribution in [0.2, 0.25) is 0 Å². The molecule has 2 aromatic heterocycles. The van der Waals surface area contributed by atoms with Crippen LogP contribution in [0.5, 0.6) is 0 Å². The predicted octanol–water partition coefficient (Wildman–Crippen LogP) is 4.03. The Balaban J connectivity index is 1.90. The highest BCUT2D eigenvalue weighted by molar-refractivity contribution is 6.30. The molecule has 0 radical (unpaired) electrons. The maximum atomic E-state index is 8.88. The van der Waals surface area contributed by atoms with Crippen molar-refractivity contribution in [2.75, 3.05) is 26.5 Å². The SMILES string of the molecule is CN/C=C(\C(=N)c1ccc(CN(C)C)cc1)c1cnc2ccc(N/C(N)=C/C(=C\N)C(C)C)nc2c1. The van der Waals surface area contributed by atoms with Crippen LogP contribution in [0.25, 0.3) is 16.6 Å². The fraction of sp³-hybridized carbons (Fsp3) is 0.250. The molecular formula is C28H36N8. The molecule has 0 unspecified atom stereocenters. The van der Waals surface area contributed by atoms with Crippen molar-refractivity contribution in [2.45, 2.75) is 20.4 Å². The summed E-state index contributed by atoms with van der Waals surface area (Å²) in [5, 5.41) is 15.1. The molecule has 0 aliphatic rings. The quantitative estimate of drug-likeness (QED) is 0.217. The lowest BCUT2D eigenvalue weighted by molar-refractivity contribution is 0.402. The molecule has 3 aromatic rings. The maximum absolute atomic E-state index is 8.88. The van der Waals surface area contributed by atoms with Gasteiger partial charge >= 0.3 is 0 Å². The minimum absolute atomic E-state index is 0.253. The van der Waals surface area contributed by atoms with E-state index in [9.17, 15) is 0 Å². The van der Waals surface area contributed by atoms with Gasteiger partial charge in [0.05, 0.1) is 16.7 Å². The predicted molar refractivity (Wildman–Crippen MR) is 150 cm³/mol. The molecule has 0 saturated heterocycles.